The van der Waals surface area contributed by atoms with Crippen LogP contribution in [-0.2, 0) is 7.05 Å². The van der Waals surface area contributed by atoms with Gasteiger partial charge < -0.3 is 9.47 Å². The summed E-state index contributed by atoms with van der Waals surface area (Å²) in [5.41, 5.74) is 3.65. The molecular weight excluding hydrogens is 441 g/mol. The lowest BCUT2D eigenvalue weighted by molar-refractivity contribution is 0.119. The molecule has 0 aliphatic carbocycles. The van der Waals surface area contributed by atoms with E-state index >= 15 is 0 Å². The summed E-state index contributed by atoms with van der Waals surface area (Å²) in [7, 11) is 1.71. The minimum absolute atomic E-state index is 0.0000958. The van der Waals surface area contributed by atoms with Crippen molar-refractivity contribution in [3.63, 3.8) is 0 Å². The Kier molecular flexibility index (Phi) is 6.17. The average Bonchev–Trinajstić information content (AvgIpc) is 2.80. The third-order valence-electron chi connectivity index (χ3n) is 6.82. The molecule has 6 nitrogen and oxygen atoms in total. The lowest BCUT2D eigenvalue weighted by Gasteiger charge is -2.48. The number of anilines is 1. The Labute approximate surface area is 197 Å². The first-order valence-corrected chi connectivity index (χ1v) is 11.4. The van der Waals surface area contributed by atoms with Crippen LogP contribution < -0.4 is 10.5 Å². The SMILES string of the molecule is Cc1c(F)ccc(C(C)N2C[C@H](C)N(c3cc(=O)n(C)c4ccc(C#N)nc34)C[C@H]2C)c1Cl. The molecular formula is C25H27ClFN5O. The van der Waals surface area contributed by atoms with Gasteiger partial charge in [-0.25, -0.2) is 9.37 Å². The van der Waals surface area contributed by atoms with Crippen LogP contribution in [0.25, 0.3) is 11.0 Å². The van der Waals surface area contributed by atoms with Gasteiger partial charge in [0.1, 0.15) is 23.1 Å². The van der Waals surface area contributed by atoms with Gasteiger partial charge >= 0.3 is 0 Å². The molecule has 33 heavy (non-hydrogen) atoms. The summed E-state index contributed by atoms with van der Waals surface area (Å²) in [5, 5.41) is 9.81. The Morgan fingerprint density at radius 1 is 1.21 bits per heavy atom. The predicted octanol–water partition coefficient (Wildman–Crippen LogP) is 4.57. The van der Waals surface area contributed by atoms with E-state index in [0.717, 1.165) is 17.8 Å². The fourth-order valence-electron chi connectivity index (χ4n) is 4.81. The molecule has 1 aliphatic heterocycles. The van der Waals surface area contributed by atoms with Crippen LogP contribution in [-0.4, -0.2) is 39.6 Å². The molecule has 0 spiro atoms. The molecule has 1 aromatic carbocycles. The van der Waals surface area contributed by atoms with Crippen molar-refractivity contribution in [2.75, 3.05) is 18.0 Å². The molecule has 0 bridgehead atoms. The summed E-state index contributed by atoms with van der Waals surface area (Å²) < 4.78 is 15.5. The van der Waals surface area contributed by atoms with E-state index in [1.54, 1.807) is 42.8 Å². The van der Waals surface area contributed by atoms with E-state index in [4.69, 9.17) is 11.6 Å². The lowest BCUT2D eigenvalue weighted by atomic mass is 9.98. The number of nitriles is 1. The highest BCUT2D eigenvalue weighted by atomic mass is 35.5. The molecule has 2 aromatic heterocycles. The molecule has 3 aromatic rings. The van der Waals surface area contributed by atoms with Gasteiger partial charge in [0.15, 0.2) is 0 Å². The molecule has 0 amide bonds. The minimum atomic E-state index is -0.302. The molecule has 0 saturated carbocycles. The zero-order chi connectivity index (χ0) is 24.0. The molecule has 1 aliphatic rings. The number of pyridine rings is 2. The van der Waals surface area contributed by atoms with E-state index in [9.17, 15) is 14.4 Å². The minimum Gasteiger partial charge on any atom is -0.364 e. The predicted molar refractivity (Wildman–Crippen MR) is 129 cm³/mol. The van der Waals surface area contributed by atoms with Crippen LogP contribution in [0.5, 0.6) is 0 Å². The van der Waals surface area contributed by atoms with Crippen molar-refractivity contribution in [3.8, 4) is 6.07 Å². The van der Waals surface area contributed by atoms with Crippen LogP contribution in [0.15, 0.2) is 35.1 Å². The smallest absolute Gasteiger partial charge is 0.252 e. The van der Waals surface area contributed by atoms with Crippen molar-refractivity contribution in [1.29, 1.82) is 5.26 Å². The number of nitrogens with zero attached hydrogens (tertiary/aromatic N) is 5. The molecule has 3 heterocycles. The van der Waals surface area contributed by atoms with Gasteiger partial charge in [-0.1, -0.05) is 17.7 Å². The molecule has 1 fully saturated rings. The summed E-state index contributed by atoms with van der Waals surface area (Å²) in [4.78, 5) is 21.8. The van der Waals surface area contributed by atoms with Gasteiger partial charge in [-0.15, -0.1) is 0 Å². The van der Waals surface area contributed by atoms with E-state index in [0.29, 0.717) is 33.9 Å². The van der Waals surface area contributed by atoms with E-state index < -0.39 is 0 Å². The topological polar surface area (TPSA) is 65.2 Å². The highest BCUT2D eigenvalue weighted by Gasteiger charge is 2.34. The maximum Gasteiger partial charge on any atom is 0.252 e. The van der Waals surface area contributed by atoms with Gasteiger partial charge in [0, 0.05) is 49.9 Å². The molecule has 0 radical (unpaired) electrons. The van der Waals surface area contributed by atoms with Gasteiger partial charge in [-0.2, -0.15) is 5.26 Å². The van der Waals surface area contributed by atoms with Crippen LogP contribution in [0.1, 0.15) is 43.6 Å². The number of piperazine rings is 1. The van der Waals surface area contributed by atoms with E-state index in [1.807, 2.05) is 0 Å². The Hall–Kier alpha value is -2.95. The first-order chi connectivity index (χ1) is 15.6. The number of hydrogen-bond donors (Lipinski definition) is 0. The van der Waals surface area contributed by atoms with Crippen molar-refractivity contribution in [1.82, 2.24) is 14.5 Å². The third kappa shape index (κ3) is 3.98. The quantitative estimate of drug-likeness (QED) is 0.564. The Morgan fingerprint density at radius 3 is 2.64 bits per heavy atom. The summed E-state index contributed by atoms with van der Waals surface area (Å²) >= 11 is 6.50. The molecule has 8 heteroatoms. The van der Waals surface area contributed by atoms with Crippen LogP contribution >= 0.6 is 11.6 Å². The largest absolute Gasteiger partial charge is 0.364 e. The van der Waals surface area contributed by atoms with Crippen molar-refractivity contribution in [3.05, 3.63) is 68.3 Å². The maximum absolute atomic E-state index is 13.9. The second kappa shape index (κ2) is 8.77. The molecule has 1 unspecified atom stereocenters. The van der Waals surface area contributed by atoms with Crippen LogP contribution in [0, 0.1) is 24.1 Å². The zero-order valence-electron chi connectivity index (χ0n) is 19.4. The monoisotopic (exact) mass is 467 g/mol. The van der Waals surface area contributed by atoms with Gasteiger partial charge in [0.2, 0.25) is 0 Å². The zero-order valence-corrected chi connectivity index (χ0v) is 20.2. The number of rotatable bonds is 3. The maximum atomic E-state index is 13.9. The number of fused-ring (bicyclic) bond motifs is 1. The van der Waals surface area contributed by atoms with Gasteiger partial charge in [-0.05, 0) is 51.5 Å². The molecule has 4 rings (SSSR count). The van der Waals surface area contributed by atoms with Crippen LogP contribution in [0.3, 0.4) is 0 Å². The Balaban J connectivity index is 1.70. The fraction of sp³-hybridized carbons (Fsp3) is 0.400. The Morgan fingerprint density at radius 2 is 1.94 bits per heavy atom. The highest BCUT2D eigenvalue weighted by molar-refractivity contribution is 6.32. The summed E-state index contributed by atoms with van der Waals surface area (Å²) in [6, 6.07) is 10.6. The number of aryl methyl sites for hydroxylation is 1. The molecule has 3 atom stereocenters. The number of halogens is 2. The van der Waals surface area contributed by atoms with Crippen LogP contribution in [0.4, 0.5) is 10.1 Å². The molecule has 1 saturated heterocycles. The first-order valence-electron chi connectivity index (χ1n) is 11.0. The van der Waals surface area contributed by atoms with Crippen LogP contribution in [0.2, 0.25) is 5.02 Å². The van der Waals surface area contributed by atoms with Crippen molar-refractivity contribution < 1.29 is 4.39 Å². The first kappa shape index (κ1) is 23.2. The molecule has 172 valence electrons. The van der Waals surface area contributed by atoms with Gasteiger partial charge in [0.05, 0.1) is 16.2 Å². The third-order valence-corrected chi connectivity index (χ3v) is 7.33. The average molecular weight is 468 g/mol. The number of aromatic nitrogens is 2. The Bertz CT molecular complexity index is 1330. The van der Waals surface area contributed by atoms with Crippen molar-refractivity contribution >= 4 is 28.3 Å². The normalized spacial score (nSPS) is 20.1. The number of benzene rings is 1. The van der Waals surface area contributed by atoms with Gasteiger partial charge in [0.25, 0.3) is 5.56 Å². The lowest BCUT2D eigenvalue weighted by Crippen LogP contribution is -2.57. The van der Waals surface area contributed by atoms with Crippen molar-refractivity contribution in [2.45, 2.75) is 45.8 Å². The number of hydrogen-bond acceptors (Lipinski definition) is 5. The fourth-order valence-corrected chi connectivity index (χ4v) is 5.12. The standard InChI is InChI=1S/C25H27ClFN5O/c1-14-13-32(22-10-23(33)30(5)21-9-6-18(11-28)29-25(21)22)15(2)12-31(14)17(4)19-7-8-20(27)16(3)24(19)26/h6-10,14-15,17H,12-13H2,1-5H3/t14-,15+,17?/m1/s1. The second-order valence-corrected chi connectivity index (χ2v) is 9.28. The van der Waals surface area contributed by atoms with E-state index in [-0.39, 0.29) is 29.5 Å². The summed E-state index contributed by atoms with van der Waals surface area (Å²) in [6.07, 6.45) is 0. The molecule has 0 N–H and O–H groups in total. The second-order valence-electron chi connectivity index (χ2n) is 8.90. The van der Waals surface area contributed by atoms with Crippen molar-refractivity contribution in [2.24, 2.45) is 7.05 Å². The summed E-state index contributed by atoms with van der Waals surface area (Å²) in [5.74, 6) is -0.302. The van der Waals surface area contributed by atoms with E-state index in [1.165, 1.54) is 6.07 Å². The van der Waals surface area contributed by atoms with Gasteiger partial charge in [-0.3, -0.25) is 9.69 Å². The highest BCUT2D eigenvalue weighted by Crippen LogP contribution is 2.35. The van der Waals surface area contributed by atoms with E-state index in [2.05, 4.69) is 41.6 Å². The summed E-state index contributed by atoms with van der Waals surface area (Å²) in [6.45, 7) is 9.43.